The minimum Gasteiger partial charge on any atom is -0.466 e. The van der Waals surface area contributed by atoms with Crippen LogP contribution in [0.25, 0.3) is 0 Å². The van der Waals surface area contributed by atoms with Gasteiger partial charge in [-0.3, -0.25) is 0 Å². The Morgan fingerprint density at radius 1 is 1.32 bits per heavy atom. The number of methoxy groups -OCH3 is 2. The van der Waals surface area contributed by atoms with E-state index in [1.165, 1.54) is 14.2 Å². The third-order valence-corrected chi connectivity index (χ3v) is 3.05. The van der Waals surface area contributed by atoms with Crippen LogP contribution < -0.4 is 5.32 Å². The Morgan fingerprint density at radius 3 is 2.53 bits per heavy atom. The average molecular weight is 396 g/mol. The van der Waals surface area contributed by atoms with Gasteiger partial charge in [0.05, 0.1) is 31.0 Å². The molecular weight excluding hydrogens is 384 g/mol. The smallest absolute Gasteiger partial charge is 0.354 e. The van der Waals surface area contributed by atoms with Gasteiger partial charge in [-0.1, -0.05) is 11.6 Å². The third-order valence-electron chi connectivity index (χ3n) is 2.07. The molecule has 0 unspecified atom stereocenters. The van der Waals surface area contributed by atoms with E-state index in [-0.39, 0.29) is 5.70 Å². The summed E-state index contributed by atoms with van der Waals surface area (Å²) in [6, 6.07) is 5.22. The molecule has 0 aliphatic rings. The van der Waals surface area contributed by atoms with E-state index >= 15 is 0 Å². The van der Waals surface area contributed by atoms with Gasteiger partial charge in [-0.25, -0.2) is 9.59 Å². The topological polar surface area (TPSA) is 64.6 Å². The lowest BCUT2D eigenvalue weighted by molar-refractivity contribution is -0.138. The second-order valence-electron chi connectivity index (χ2n) is 3.32. The van der Waals surface area contributed by atoms with Crippen molar-refractivity contribution in [2.75, 3.05) is 19.5 Å². The monoisotopic (exact) mass is 395 g/mol. The average Bonchev–Trinajstić information content (AvgIpc) is 2.39. The summed E-state index contributed by atoms with van der Waals surface area (Å²) in [6.07, 6.45) is 1.00. The first-order chi connectivity index (χ1) is 8.97. The van der Waals surface area contributed by atoms with Gasteiger partial charge >= 0.3 is 11.9 Å². The lowest BCUT2D eigenvalue weighted by atomic mass is 10.3. The lowest BCUT2D eigenvalue weighted by Gasteiger charge is -2.10. The predicted octanol–water partition coefficient (Wildman–Crippen LogP) is 2.59. The number of esters is 2. The Kier molecular flexibility index (Phi) is 6.10. The van der Waals surface area contributed by atoms with Crippen molar-refractivity contribution in [3.63, 3.8) is 0 Å². The quantitative estimate of drug-likeness (QED) is 0.482. The highest BCUT2D eigenvalue weighted by Gasteiger charge is 2.14. The van der Waals surface area contributed by atoms with Gasteiger partial charge in [0.1, 0.15) is 5.70 Å². The molecule has 1 rings (SSSR count). The van der Waals surface area contributed by atoms with Crippen molar-refractivity contribution in [1.82, 2.24) is 0 Å². The number of carbonyl (C=O) groups excluding carboxylic acids is 2. The molecule has 0 aliphatic carbocycles. The van der Waals surface area contributed by atoms with Crippen molar-refractivity contribution in [3.05, 3.63) is 38.6 Å². The number of halogens is 2. The summed E-state index contributed by atoms with van der Waals surface area (Å²) in [6.45, 7) is 0. The van der Waals surface area contributed by atoms with E-state index in [4.69, 9.17) is 11.6 Å². The van der Waals surface area contributed by atoms with E-state index in [1.54, 1.807) is 12.1 Å². The van der Waals surface area contributed by atoms with E-state index in [0.717, 1.165) is 9.65 Å². The molecule has 0 atom stereocenters. The zero-order valence-electron chi connectivity index (χ0n) is 10.2. The van der Waals surface area contributed by atoms with Gasteiger partial charge in [0.25, 0.3) is 0 Å². The lowest BCUT2D eigenvalue weighted by Crippen LogP contribution is -2.15. The van der Waals surface area contributed by atoms with E-state index in [9.17, 15) is 9.59 Å². The van der Waals surface area contributed by atoms with Crippen molar-refractivity contribution >= 4 is 51.8 Å². The molecule has 0 amide bonds. The van der Waals surface area contributed by atoms with Crippen LogP contribution >= 0.6 is 34.2 Å². The predicted molar refractivity (Wildman–Crippen MR) is 79.9 cm³/mol. The van der Waals surface area contributed by atoms with Crippen LogP contribution in [0.1, 0.15) is 0 Å². The molecule has 7 heteroatoms. The van der Waals surface area contributed by atoms with Crippen LogP contribution in [0.15, 0.2) is 30.0 Å². The number of rotatable bonds is 4. The summed E-state index contributed by atoms with van der Waals surface area (Å²) in [5.41, 5.74) is 0.431. The van der Waals surface area contributed by atoms with Crippen molar-refractivity contribution < 1.29 is 19.1 Å². The molecule has 102 valence electrons. The van der Waals surface area contributed by atoms with E-state index in [0.29, 0.717) is 10.7 Å². The van der Waals surface area contributed by atoms with Crippen molar-refractivity contribution in [2.45, 2.75) is 0 Å². The Hall–Kier alpha value is -1.28. The van der Waals surface area contributed by atoms with Crippen LogP contribution in [0.5, 0.6) is 0 Å². The maximum absolute atomic E-state index is 11.5. The number of hydrogen-bond donors (Lipinski definition) is 1. The first-order valence-corrected chi connectivity index (χ1v) is 6.53. The van der Waals surface area contributed by atoms with Gasteiger partial charge < -0.3 is 14.8 Å². The molecule has 0 heterocycles. The summed E-state index contributed by atoms with van der Waals surface area (Å²) in [4.78, 5) is 22.7. The van der Waals surface area contributed by atoms with Crippen LogP contribution in [0, 0.1) is 3.57 Å². The standard InChI is InChI=1S/C12H11ClINO4/c1-18-11(16)6-10(12(17)19-2)15-9-4-3-7(14)5-8(9)13/h3-6,15H,1-2H3/b10-6+. The maximum atomic E-state index is 11.5. The number of benzene rings is 1. The normalized spacial score (nSPS) is 10.8. The van der Waals surface area contributed by atoms with E-state index in [1.807, 2.05) is 6.07 Å². The van der Waals surface area contributed by atoms with Crippen molar-refractivity contribution in [3.8, 4) is 0 Å². The first-order valence-electron chi connectivity index (χ1n) is 5.08. The highest BCUT2D eigenvalue weighted by Crippen LogP contribution is 2.25. The van der Waals surface area contributed by atoms with Crippen LogP contribution in [0.4, 0.5) is 5.69 Å². The molecule has 19 heavy (non-hydrogen) atoms. The van der Waals surface area contributed by atoms with Crippen LogP contribution in [-0.4, -0.2) is 26.2 Å². The summed E-state index contributed by atoms with van der Waals surface area (Å²) >= 11 is 8.14. The summed E-state index contributed by atoms with van der Waals surface area (Å²) in [5.74, 6) is -1.37. The molecular formula is C12H11ClINO4. The summed E-state index contributed by atoms with van der Waals surface area (Å²) in [5, 5.41) is 3.16. The minimum absolute atomic E-state index is 0.0579. The molecule has 0 bridgehead atoms. The van der Waals surface area contributed by atoms with Gasteiger partial charge in [-0.2, -0.15) is 0 Å². The fraction of sp³-hybridized carbons (Fsp3) is 0.167. The fourth-order valence-corrected chi connectivity index (χ4v) is 2.07. The van der Waals surface area contributed by atoms with Crippen LogP contribution in [-0.2, 0) is 19.1 Å². The molecule has 5 nitrogen and oxygen atoms in total. The number of anilines is 1. The van der Waals surface area contributed by atoms with Crippen LogP contribution in [0.2, 0.25) is 5.02 Å². The van der Waals surface area contributed by atoms with Gasteiger partial charge in [0.2, 0.25) is 0 Å². The molecule has 0 aromatic heterocycles. The second-order valence-corrected chi connectivity index (χ2v) is 4.97. The Labute approximate surface area is 129 Å². The van der Waals surface area contributed by atoms with Crippen molar-refractivity contribution in [1.29, 1.82) is 0 Å². The summed E-state index contributed by atoms with van der Waals surface area (Å²) in [7, 11) is 2.43. The number of carbonyl (C=O) groups is 2. The van der Waals surface area contributed by atoms with Gasteiger partial charge in [0, 0.05) is 3.57 Å². The van der Waals surface area contributed by atoms with Crippen LogP contribution in [0.3, 0.4) is 0 Å². The molecule has 0 fully saturated rings. The third kappa shape index (κ3) is 4.71. The van der Waals surface area contributed by atoms with E-state index in [2.05, 4.69) is 37.4 Å². The zero-order chi connectivity index (χ0) is 14.4. The molecule has 1 aromatic rings. The van der Waals surface area contributed by atoms with Gasteiger partial charge in [0.15, 0.2) is 0 Å². The highest BCUT2D eigenvalue weighted by atomic mass is 127. The van der Waals surface area contributed by atoms with Gasteiger partial charge in [-0.15, -0.1) is 0 Å². The molecule has 0 aliphatic heterocycles. The molecule has 1 aromatic carbocycles. The highest BCUT2D eigenvalue weighted by molar-refractivity contribution is 14.1. The number of nitrogens with one attached hydrogen (secondary N) is 1. The molecule has 0 radical (unpaired) electrons. The Morgan fingerprint density at radius 2 is 2.00 bits per heavy atom. The zero-order valence-corrected chi connectivity index (χ0v) is 13.1. The first kappa shape index (κ1) is 15.8. The Bertz CT molecular complexity index is 530. The maximum Gasteiger partial charge on any atom is 0.354 e. The SMILES string of the molecule is COC(=O)/C=C(/Nc1ccc(I)cc1Cl)C(=O)OC. The summed E-state index contributed by atoms with van der Waals surface area (Å²) < 4.78 is 9.99. The Balaban J connectivity index is 3.04. The number of ether oxygens (including phenoxy) is 2. The largest absolute Gasteiger partial charge is 0.466 e. The minimum atomic E-state index is -0.694. The van der Waals surface area contributed by atoms with Gasteiger partial charge in [-0.05, 0) is 40.8 Å². The molecule has 0 saturated heterocycles. The second kappa shape index (κ2) is 7.34. The van der Waals surface area contributed by atoms with Crippen molar-refractivity contribution in [2.24, 2.45) is 0 Å². The molecule has 1 N–H and O–H groups in total. The fourth-order valence-electron chi connectivity index (χ4n) is 1.17. The molecule has 0 saturated carbocycles. The number of hydrogen-bond acceptors (Lipinski definition) is 5. The molecule has 0 spiro atoms. The van der Waals surface area contributed by atoms with E-state index < -0.39 is 11.9 Å².